The quantitative estimate of drug-likeness (QED) is 0.165. The van der Waals surface area contributed by atoms with E-state index in [9.17, 15) is 0 Å². The Morgan fingerprint density at radius 3 is 1.65 bits per heavy atom. The van der Waals surface area contributed by atoms with Gasteiger partial charge in [0.15, 0.2) is 5.82 Å². The van der Waals surface area contributed by atoms with Crippen molar-refractivity contribution >= 4 is 108 Å². The van der Waals surface area contributed by atoms with Crippen LogP contribution in [0, 0.1) is 0 Å². The summed E-state index contributed by atoms with van der Waals surface area (Å²) >= 11 is 0. The molecule has 4 heteroatoms. The van der Waals surface area contributed by atoms with Gasteiger partial charge in [-0.15, -0.1) is 0 Å². The van der Waals surface area contributed by atoms with E-state index in [4.69, 9.17) is 9.97 Å². The van der Waals surface area contributed by atoms with E-state index in [1.165, 1.54) is 86.4 Å². The van der Waals surface area contributed by atoms with Crippen molar-refractivity contribution in [2.45, 2.75) is 0 Å². The third kappa shape index (κ3) is 5.37. The molecule has 0 bridgehead atoms. The molecule has 0 aliphatic rings. The van der Waals surface area contributed by atoms with Crippen LogP contribution in [0.25, 0.3) is 142 Å². The Morgan fingerprint density at radius 2 is 0.853 bits per heavy atom. The van der Waals surface area contributed by atoms with Crippen LogP contribution < -0.4 is 0 Å². The second kappa shape index (κ2) is 14.2. The number of hydrogen-bond donors (Lipinski definition) is 0. The molecule has 12 aromatic carbocycles. The lowest BCUT2D eigenvalue weighted by Gasteiger charge is -2.14. The molecule has 0 amide bonds. The normalized spacial score (nSPS) is 12.1. The van der Waals surface area contributed by atoms with Crippen molar-refractivity contribution < 1.29 is 0 Å². The molecule has 314 valence electrons. The SMILES string of the molecule is c1cc(-c2nc(-c3ccc4c5ccccc5c5ccccc5c4c3)c3ccccc3n2)cc(-n2c3ccc(-n4c5ccccc5c5ccc6ccccc6c54)cc3c3cc4ccccc4cc32)c1. The maximum Gasteiger partial charge on any atom is 0.160 e. The van der Waals surface area contributed by atoms with Crippen LogP contribution in [-0.2, 0) is 0 Å². The first-order valence-corrected chi connectivity index (χ1v) is 23.3. The van der Waals surface area contributed by atoms with Crippen LogP contribution in [0.1, 0.15) is 0 Å². The first kappa shape index (κ1) is 37.1. The van der Waals surface area contributed by atoms with Crippen molar-refractivity contribution in [2.24, 2.45) is 0 Å². The summed E-state index contributed by atoms with van der Waals surface area (Å²) in [7, 11) is 0. The first-order chi connectivity index (χ1) is 33.7. The fourth-order valence-electron chi connectivity index (χ4n) is 11.4. The van der Waals surface area contributed by atoms with Gasteiger partial charge in [-0.25, -0.2) is 9.97 Å². The molecule has 0 unspecified atom stereocenters. The summed E-state index contributed by atoms with van der Waals surface area (Å²) < 4.78 is 4.89. The molecule has 3 aromatic heterocycles. The van der Waals surface area contributed by atoms with Gasteiger partial charge in [0.1, 0.15) is 0 Å². The molecule has 0 spiro atoms. The van der Waals surface area contributed by atoms with Gasteiger partial charge in [-0.1, -0.05) is 170 Å². The average molecular weight is 863 g/mol. The van der Waals surface area contributed by atoms with Gasteiger partial charge in [0, 0.05) is 54.8 Å². The minimum absolute atomic E-state index is 0.691. The maximum atomic E-state index is 5.47. The lowest BCUT2D eigenvalue weighted by Crippen LogP contribution is -1.98. The van der Waals surface area contributed by atoms with E-state index in [1.54, 1.807) is 0 Å². The highest BCUT2D eigenvalue weighted by Crippen LogP contribution is 2.42. The van der Waals surface area contributed by atoms with Crippen LogP contribution >= 0.6 is 0 Å². The third-order valence-corrected chi connectivity index (χ3v) is 14.4. The third-order valence-electron chi connectivity index (χ3n) is 14.4. The minimum atomic E-state index is 0.691. The predicted molar refractivity (Wildman–Crippen MR) is 287 cm³/mol. The molecule has 0 N–H and O–H groups in total. The van der Waals surface area contributed by atoms with E-state index in [0.717, 1.165) is 50.1 Å². The summed E-state index contributed by atoms with van der Waals surface area (Å²) in [6.45, 7) is 0. The highest BCUT2D eigenvalue weighted by molar-refractivity contribution is 6.26. The molecule has 0 saturated heterocycles. The standard InChI is InChI=1S/C64H38N4/c1-2-16-41-37-61-56(35-40(41)15-1)57-38-45(68-59-27-12-10-24-52(59)53-32-28-39-14-3-4-19-46(39)63(53)68)30-33-60(57)67(61)44-18-13-17-43(34-44)64-65-58-26-11-9-25-54(58)62(66-64)42-29-31-51-49-22-6-5-20-47(49)48-21-7-8-23-50(48)55(51)36-42/h1-38H. The summed E-state index contributed by atoms with van der Waals surface area (Å²) in [6, 6.07) is 84.0. The zero-order valence-corrected chi connectivity index (χ0v) is 36.7. The topological polar surface area (TPSA) is 35.6 Å². The molecule has 4 nitrogen and oxygen atoms in total. The lowest BCUT2D eigenvalue weighted by molar-refractivity contribution is 1.16. The monoisotopic (exact) mass is 862 g/mol. The Morgan fingerprint density at radius 1 is 0.265 bits per heavy atom. The van der Waals surface area contributed by atoms with Crippen LogP contribution in [0.2, 0.25) is 0 Å². The molecule has 0 atom stereocenters. The molecular formula is C64H38N4. The summed E-state index contributed by atoms with van der Waals surface area (Å²) in [4.78, 5) is 10.7. The van der Waals surface area contributed by atoms with Crippen molar-refractivity contribution in [3.05, 3.63) is 231 Å². The lowest BCUT2D eigenvalue weighted by atomic mass is 9.92. The van der Waals surface area contributed by atoms with Crippen molar-refractivity contribution in [3.63, 3.8) is 0 Å². The number of aromatic nitrogens is 4. The van der Waals surface area contributed by atoms with Crippen molar-refractivity contribution in [3.8, 4) is 34.0 Å². The molecule has 15 aromatic rings. The molecule has 15 rings (SSSR count). The maximum absolute atomic E-state index is 5.47. The molecule has 68 heavy (non-hydrogen) atoms. The van der Waals surface area contributed by atoms with E-state index in [2.05, 4.69) is 240 Å². The highest BCUT2D eigenvalue weighted by atomic mass is 15.0. The smallest absolute Gasteiger partial charge is 0.160 e. The van der Waals surface area contributed by atoms with Crippen molar-refractivity contribution in [1.29, 1.82) is 0 Å². The fraction of sp³-hybridized carbons (Fsp3) is 0. The second-order valence-electron chi connectivity index (χ2n) is 18.1. The van der Waals surface area contributed by atoms with Gasteiger partial charge in [-0.05, 0) is 109 Å². The van der Waals surface area contributed by atoms with Crippen LogP contribution in [0.4, 0.5) is 0 Å². The summed E-state index contributed by atoms with van der Waals surface area (Å²) in [5.41, 5.74) is 10.7. The number of para-hydroxylation sites is 2. The minimum Gasteiger partial charge on any atom is -0.309 e. The van der Waals surface area contributed by atoms with E-state index in [1.807, 2.05) is 0 Å². The second-order valence-corrected chi connectivity index (χ2v) is 18.1. The van der Waals surface area contributed by atoms with Gasteiger partial charge in [-0.3, -0.25) is 0 Å². The first-order valence-electron chi connectivity index (χ1n) is 23.3. The van der Waals surface area contributed by atoms with Crippen molar-refractivity contribution in [2.75, 3.05) is 0 Å². The van der Waals surface area contributed by atoms with Crippen molar-refractivity contribution in [1.82, 2.24) is 19.1 Å². The molecule has 0 fully saturated rings. The van der Waals surface area contributed by atoms with E-state index < -0.39 is 0 Å². The van der Waals surface area contributed by atoms with Crippen LogP contribution in [0.3, 0.4) is 0 Å². The van der Waals surface area contributed by atoms with E-state index in [0.29, 0.717) is 5.82 Å². The Labute approximate surface area is 390 Å². The van der Waals surface area contributed by atoms with Gasteiger partial charge in [-0.2, -0.15) is 0 Å². The Kier molecular flexibility index (Phi) is 7.75. The predicted octanol–water partition coefficient (Wildman–Crippen LogP) is 16.9. The Hall–Kier alpha value is -9.12. The Balaban J connectivity index is 0.938. The highest BCUT2D eigenvalue weighted by Gasteiger charge is 2.20. The number of fused-ring (bicyclic) bond motifs is 16. The number of nitrogens with zero attached hydrogens (tertiary/aromatic N) is 4. The zero-order valence-electron chi connectivity index (χ0n) is 36.7. The van der Waals surface area contributed by atoms with Gasteiger partial charge < -0.3 is 9.13 Å². The fourth-order valence-corrected chi connectivity index (χ4v) is 11.4. The molecule has 0 aliphatic heterocycles. The molecular weight excluding hydrogens is 825 g/mol. The van der Waals surface area contributed by atoms with Gasteiger partial charge in [0.25, 0.3) is 0 Å². The van der Waals surface area contributed by atoms with E-state index >= 15 is 0 Å². The molecule has 0 saturated carbocycles. The molecule has 0 radical (unpaired) electrons. The largest absolute Gasteiger partial charge is 0.309 e. The van der Waals surface area contributed by atoms with Crippen LogP contribution in [0.5, 0.6) is 0 Å². The zero-order chi connectivity index (χ0) is 44.5. The van der Waals surface area contributed by atoms with Crippen LogP contribution in [-0.4, -0.2) is 19.1 Å². The Bertz CT molecular complexity index is 4590. The summed E-state index contributed by atoms with van der Waals surface area (Å²) in [6.07, 6.45) is 0. The van der Waals surface area contributed by atoms with Gasteiger partial charge in [0.05, 0.1) is 33.3 Å². The number of rotatable bonds is 4. The summed E-state index contributed by atoms with van der Waals surface area (Å²) in [5.74, 6) is 0.691. The molecule has 0 aliphatic carbocycles. The average Bonchev–Trinajstić information content (AvgIpc) is 3.92. The number of benzene rings is 12. The molecule has 3 heterocycles. The number of hydrogen-bond acceptors (Lipinski definition) is 2. The van der Waals surface area contributed by atoms with Crippen LogP contribution in [0.15, 0.2) is 231 Å². The van der Waals surface area contributed by atoms with Gasteiger partial charge in [0.2, 0.25) is 0 Å². The van der Waals surface area contributed by atoms with E-state index in [-0.39, 0.29) is 0 Å². The van der Waals surface area contributed by atoms with Gasteiger partial charge >= 0.3 is 0 Å². The summed E-state index contributed by atoms with van der Waals surface area (Å²) in [5, 5.41) is 18.3.